The second-order valence-electron chi connectivity index (χ2n) is 11.5. The van der Waals surface area contributed by atoms with Gasteiger partial charge in [0.15, 0.2) is 23.2 Å². The molecule has 1 aliphatic heterocycles. The summed E-state index contributed by atoms with van der Waals surface area (Å²) >= 11 is 0. The minimum atomic E-state index is -0.669. The van der Waals surface area contributed by atoms with Gasteiger partial charge in [-0.2, -0.15) is 0 Å². The van der Waals surface area contributed by atoms with Gasteiger partial charge in [-0.05, 0) is 28.8 Å². The van der Waals surface area contributed by atoms with E-state index >= 15 is 0 Å². The Balaban J connectivity index is 1.19. The topological polar surface area (TPSA) is 110 Å². The number of rotatable bonds is 13. The minimum Gasteiger partial charge on any atom is -0.374 e. The third-order valence-electron chi connectivity index (χ3n) is 8.15. The molecule has 0 radical (unpaired) electrons. The molecular formula is C38H35N5O5. The van der Waals surface area contributed by atoms with Gasteiger partial charge in [0, 0.05) is 5.56 Å². The Morgan fingerprint density at radius 3 is 1.88 bits per heavy atom. The number of aromatic nitrogens is 4. The van der Waals surface area contributed by atoms with Crippen LogP contribution in [0.1, 0.15) is 33.3 Å². The molecule has 242 valence electrons. The van der Waals surface area contributed by atoms with Crippen molar-refractivity contribution in [3.8, 4) is 0 Å². The van der Waals surface area contributed by atoms with Crippen molar-refractivity contribution >= 4 is 22.9 Å². The smallest absolute Gasteiger partial charge is 0.256 e. The minimum absolute atomic E-state index is 0.274. The fourth-order valence-corrected chi connectivity index (χ4v) is 5.74. The lowest BCUT2D eigenvalue weighted by Gasteiger charge is -2.25. The second-order valence-corrected chi connectivity index (χ2v) is 11.5. The van der Waals surface area contributed by atoms with E-state index in [1.807, 2.05) is 114 Å². The number of imidazole rings is 1. The maximum Gasteiger partial charge on any atom is 0.256 e. The standard InChI is InChI=1S/C38H35N5O5/c44-37(30-19-11-4-12-20-30)42-35-32-36(40-25-39-35)43(26-41-32)38-34(47-23-29-17-9-3-10-18-29)33(46-22-28-15-7-2-8-16-28)31(48-38)24-45-21-27-13-5-1-6-14-27/h1-20,25-26,31,33-34,38H,21-24H2,(H,39,40,42,44)/t31-,33-,34+,38-/m1/s1. The summed E-state index contributed by atoms with van der Waals surface area (Å²) in [5.74, 6) is 0.00307. The van der Waals surface area contributed by atoms with Crippen molar-refractivity contribution in [1.82, 2.24) is 19.5 Å². The highest BCUT2D eigenvalue weighted by Crippen LogP contribution is 2.37. The Kier molecular flexibility index (Phi) is 9.86. The molecule has 1 aliphatic rings. The number of benzene rings is 4. The lowest BCUT2D eigenvalue weighted by Crippen LogP contribution is -2.38. The molecule has 7 rings (SSSR count). The SMILES string of the molecule is O=C(Nc1ncnc2c1ncn2[C@@H]1O[C@H](COCc2ccccc2)[C@@H](OCc2ccccc2)[C@@H]1OCc1ccccc1)c1ccccc1. The van der Waals surface area contributed by atoms with Crippen molar-refractivity contribution in [2.24, 2.45) is 0 Å². The molecule has 1 N–H and O–H groups in total. The van der Waals surface area contributed by atoms with Crippen LogP contribution < -0.4 is 5.32 Å². The van der Waals surface area contributed by atoms with Crippen LogP contribution in [0.4, 0.5) is 5.82 Å². The summed E-state index contributed by atoms with van der Waals surface area (Å²) in [4.78, 5) is 26.5. The van der Waals surface area contributed by atoms with Gasteiger partial charge in [0.2, 0.25) is 0 Å². The molecule has 48 heavy (non-hydrogen) atoms. The first-order chi connectivity index (χ1) is 23.7. The molecule has 0 unspecified atom stereocenters. The van der Waals surface area contributed by atoms with E-state index in [-0.39, 0.29) is 12.5 Å². The van der Waals surface area contributed by atoms with Crippen molar-refractivity contribution in [2.75, 3.05) is 11.9 Å². The summed E-state index contributed by atoms with van der Waals surface area (Å²) in [6.07, 6.45) is 0.847. The van der Waals surface area contributed by atoms with Gasteiger partial charge in [-0.25, -0.2) is 15.0 Å². The van der Waals surface area contributed by atoms with Crippen LogP contribution in [0.5, 0.6) is 0 Å². The molecular weight excluding hydrogens is 606 g/mol. The highest BCUT2D eigenvalue weighted by atomic mass is 16.6. The van der Waals surface area contributed by atoms with Crippen molar-refractivity contribution in [3.63, 3.8) is 0 Å². The van der Waals surface area contributed by atoms with Crippen molar-refractivity contribution in [3.05, 3.63) is 156 Å². The first kappa shape index (κ1) is 31.3. The van der Waals surface area contributed by atoms with E-state index in [2.05, 4.69) is 20.3 Å². The van der Waals surface area contributed by atoms with E-state index in [4.69, 9.17) is 18.9 Å². The van der Waals surface area contributed by atoms with Crippen LogP contribution >= 0.6 is 0 Å². The predicted octanol–water partition coefficient (Wildman–Crippen LogP) is 6.36. The lowest BCUT2D eigenvalue weighted by molar-refractivity contribution is -0.0913. The summed E-state index contributed by atoms with van der Waals surface area (Å²) in [7, 11) is 0. The zero-order chi connectivity index (χ0) is 32.5. The van der Waals surface area contributed by atoms with E-state index < -0.39 is 24.5 Å². The summed E-state index contributed by atoms with van der Waals surface area (Å²) in [5, 5.41) is 2.88. The third-order valence-corrected chi connectivity index (χ3v) is 8.15. The van der Waals surface area contributed by atoms with Crippen LogP contribution in [0.15, 0.2) is 134 Å². The fraction of sp³-hybridized carbons (Fsp3) is 0.211. The average Bonchev–Trinajstić information content (AvgIpc) is 3.73. The van der Waals surface area contributed by atoms with Gasteiger partial charge in [-0.15, -0.1) is 0 Å². The van der Waals surface area contributed by atoms with Crippen LogP contribution in [0, 0.1) is 0 Å². The maximum absolute atomic E-state index is 13.0. The number of carbonyl (C=O) groups excluding carboxylic acids is 1. The molecule has 0 saturated carbocycles. The monoisotopic (exact) mass is 641 g/mol. The first-order valence-corrected chi connectivity index (χ1v) is 15.8. The molecule has 3 heterocycles. The first-order valence-electron chi connectivity index (χ1n) is 15.8. The van der Waals surface area contributed by atoms with Gasteiger partial charge < -0.3 is 24.3 Å². The molecule has 1 fully saturated rings. The number of hydrogen-bond acceptors (Lipinski definition) is 8. The second kappa shape index (κ2) is 15.1. The summed E-state index contributed by atoms with van der Waals surface area (Å²) in [5.41, 5.74) is 4.54. The Morgan fingerprint density at radius 2 is 1.25 bits per heavy atom. The molecule has 0 spiro atoms. The molecule has 6 aromatic rings. The van der Waals surface area contributed by atoms with Gasteiger partial charge in [0.1, 0.15) is 24.6 Å². The number of carbonyl (C=O) groups is 1. The predicted molar refractivity (Wildman–Crippen MR) is 180 cm³/mol. The van der Waals surface area contributed by atoms with Crippen molar-refractivity contribution < 1.29 is 23.7 Å². The number of amides is 1. The highest BCUT2D eigenvalue weighted by molar-refractivity contribution is 6.06. The zero-order valence-electron chi connectivity index (χ0n) is 26.2. The molecule has 4 atom stereocenters. The quantitative estimate of drug-likeness (QED) is 0.155. The van der Waals surface area contributed by atoms with Gasteiger partial charge in [0.05, 0.1) is 32.8 Å². The average molecular weight is 642 g/mol. The number of nitrogens with zero attached hydrogens (tertiary/aromatic N) is 4. The zero-order valence-corrected chi connectivity index (χ0v) is 26.2. The van der Waals surface area contributed by atoms with E-state index in [1.54, 1.807) is 18.5 Å². The Labute approximate surface area is 278 Å². The number of ether oxygens (including phenoxy) is 4. The van der Waals surface area contributed by atoms with E-state index in [0.29, 0.717) is 42.4 Å². The fourth-order valence-electron chi connectivity index (χ4n) is 5.74. The van der Waals surface area contributed by atoms with Crippen LogP contribution in [-0.4, -0.2) is 50.3 Å². The van der Waals surface area contributed by atoms with Crippen LogP contribution in [0.2, 0.25) is 0 Å². The van der Waals surface area contributed by atoms with Crippen LogP contribution in [-0.2, 0) is 38.8 Å². The summed E-state index contributed by atoms with van der Waals surface area (Å²) in [6.45, 7) is 1.41. The molecule has 10 heteroatoms. The lowest BCUT2D eigenvalue weighted by atomic mass is 10.1. The Hall–Kier alpha value is -5.26. The third kappa shape index (κ3) is 7.32. The molecule has 2 aromatic heterocycles. The Bertz CT molecular complexity index is 1910. The molecule has 1 amide bonds. The molecule has 0 bridgehead atoms. The van der Waals surface area contributed by atoms with Crippen LogP contribution in [0.3, 0.4) is 0 Å². The molecule has 10 nitrogen and oxygen atoms in total. The molecule has 1 saturated heterocycles. The van der Waals surface area contributed by atoms with Gasteiger partial charge in [-0.1, -0.05) is 109 Å². The number of fused-ring (bicyclic) bond motifs is 1. The maximum atomic E-state index is 13.0. The number of hydrogen-bond donors (Lipinski definition) is 1. The largest absolute Gasteiger partial charge is 0.374 e. The van der Waals surface area contributed by atoms with Gasteiger partial charge in [0.25, 0.3) is 5.91 Å². The van der Waals surface area contributed by atoms with E-state index in [1.165, 1.54) is 6.33 Å². The van der Waals surface area contributed by atoms with Crippen molar-refractivity contribution in [2.45, 2.75) is 44.4 Å². The highest BCUT2D eigenvalue weighted by Gasteiger charge is 2.48. The van der Waals surface area contributed by atoms with Crippen LogP contribution in [0.25, 0.3) is 11.2 Å². The van der Waals surface area contributed by atoms with Crippen molar-refractivity contribution in [1.29, 1.82) is 0 Å². The number of nitrogens with one attached hydrogen (secondary N) is 1. The van der Waals surface area contributed by atoms with Gasteiger partial charge >= 0.3 is 0 Å². The molecule has 4 aromatic carbocycles. The van der Waals surface area contributed by atoms with E-state index in [9.17, 15) is 4.79 Å². The summed E-state index contributed by atoms with van der Waals surface area (Å²) in [6, 6.07) is 39.0. The Morgan fingerprint density at radius 1 is 0.688 bits per heavy atom. The normalized spacial score (nSPS) is 19.0. The summed E-state index contributed by atoms with van der Waals surface area (Å²) < 4.78 is 28.0. The number of anilines is 1. The van der Waals surface area contributed by atoms with Gasteiger partial charge in [-0.3, -0.25) is 9.36 Å². The van der Waals surface area contributed by atoms with E-state index in [0.717, 1.165) is 16.7 Å². The molecule has 0 aliphatic carbocycles.